The highest BCUT2D eigenvalue weighted by Gasteiger charge is 2.33. The fourth-order valence-electron chi connectivity index (χ4n) is 2.96. The maximum atomic E-state index is 12.6. The third-order valence-electron chi connectivity index (χ3n) is 3.91. The lowest BCUT2D eigenvalue weighted by Crippen LogP contribution is -2.49. The number of halogens is 1. The lowest BCUT2D eigenvalue weighted by atomic mass is 10.00. The van der Waals surface area contributed by atoms with Gasteiger partial charge < -0.3 is 14.8 Å². The monoisotopic (exact) mass is 317 g/mol. The lowest BCUT2D eigenvalue weighted by molar-refractivity contribution is 0.166. The third kappa shape index (κ3) is 2.71. The van der Waals surface area contributed by atoms with Crippen LogP contribution in [0, 0.1) is 0 Å². The molecule has 0 saturated heterocycles. The molecule has 3 rings (SSSR count). The van der Waals surface area contributed by atoms with Crippen molar-refractivity contribution in [1.82, 2.24) is 14.8 Å². The average molecular weight is 318 g/mol. The molecule has 116 valence electrons. The predicted molar refractivity (Wildman–Crippen MR) is 88.1 cm³/mol. The van der Waals surface area contributed by atoms with Crippen molar-refractivity contribution in [3.63, 3.8) is 0 Å². The Morgan fingerprint density at radius 1 is 1.23 bits per heavy atom. The molecule has 0 aliphatic carbocycles. The molecule has 1 aliphatic rings. The standard InChI is InChI=1S/C17H20ClN3O/c1-12(2)19-17(22)21-11-10-20-9-5-8-15(20)16(21)13-6-3-4-7-14(13)18/h3-9,12,16H,10-11H2,1-2H3,(H,19,22)/t16-/m0/s1. The Balaban J connectivity index is 2.04. The van der Waals surface area contributed by atoms with Gasteiger partial charge in [-0.25, -0.2) is 4.79 Å². The number of urea groups is 1. The average Bonchev–Trinajstić information content (AvgIpc) is 2.94. The zero-order valence-electron chi connectivity index (χ0n) is 12.8. The van der Waals surface area contributed by atoms with E-state index >= 15 is 0 Å². The van der Waals surface area contributed by atoms with E-state index in [0.29, 0.717) is 11.6 Å². The summed E-state index contributed by atoms with van der Waals surface area (Å²) in [6.07, 6.45) is 2.05. The van der Waals surface area contributed by atoms with Gasteiger partial charge in [0.05, 0.1) is 0 Å². The van der Waals surface area contributed by atoms with Crippen molar-refractivity contribution in [2.24, 2.45) is 0 Å². The van der Waals surface area contributed by atoms with Gasteiger partial charge in [0.25, 0.3) is 0 Å². The zero-order valence-corrected chi connectivity index (χ0v) is 13.5. The van der Waals surface area contributed by atoms with Crippen LogP contribution < -0.4 is 5.32 Å². The molecule has 22 heavy (non-hydrogen) atoms. The molecule has 0 radical (unpaired) electrons. The van der Waals surface area contributed by atoms with Crippen molar-refractivity contribution in [3.05, 3.63) is 58.9 Å². The molecule has 2 heterocycles. The molecule has 1 atom stereocenters. The molecule has 1 N–H and O–H groups in total. The van der Waals surface area contributed by atoms with Gasteiger partial charge >= 0.3 is 6.03 Å². The Morgan fingerprint density at radius 3 is 2.73 bits per heavy atom. The van der Waals surface area contributed by atoms with Crippen LogP contribution in [-0.2, 0) is 6.54 Å². The first-order valence-corrected chi connectivity index (χ1v) is 7.92. The van der Waals surface area contributed by atoms with Crippen molar-refractivity contribution >= 4 is 17.6 Å². The minimum Gasteiger partial charge on any atom is -0.348 e. The SMILES string of the molecule is CC(C)NC(=O)N1CCn2cccc2[C@@H]1c1ccccc1Cl. The number of hydrogen-bond acceptors (Lipinski definition) is 1. The molecule has 0 spiro atoms. The first kappa shape index (κ1) is 15.0. The summed E-state index contributed by atoms with van der Waals surface area (Å²) < 4.78 is 2.19. The van der Waals surface area contributed by atoms with Crippen LogP contribution in [0.25, 0.3) is 0 Å². The molecule has 0 saturated carbocycles. The maximum Gasteiger partial charge on any atom is 0.318 e. The Bertz CT molecular complexity index is 680. The number of nitrogens with zero attached hydrogens (tertiary/aromatic N) is 2. The summed E-state index contributed by atoms with van der Waals surface area (Å²) in [7, 11) is 0. The normalized spacial score (nSPS) is 17.5. The second-order valence-corrected chi connectivity index (χ2v) is 6.26. The maximum absolute atomic E-state index is 12.6. The second kappa shape index (κ2) is 6.05. The topological polar surface area (TPSA) is 37.3 Å². The molecule has 1 aliphatic heterocycles. The molecule has 4 nitrogen and oxygen atoms in total. The Morgan fingerprint density at radius 2 is 2.00 bits per heavy atom. The van der Waals surface area contributed by atoms with Crippen molar-refractivity contribution in [2.45, 2.75) is 32.5 Å². The molecule has 0 bridgehead atoms. The highest BCUT2D eigenvalue weighted by atomic mass is 35.5. The molecule has 2 aromatic rings. The number of benzene rings is 1. The summed E-state index contributed by atoms with van der Waals surface area (Å²) in [5.74, 6) is 0. The summed E-state index contributed by atoms with van der Waals surface area (Å²) in [5.41, 5.74) is 2.06. The van der Waals surface area contributed by atoms with E-state index in [-0.39, 0.29) is 18.1 Å². The van der Waals surface area contributed by atoms with E-state index < -0.39 is 0 Å². The van der Waals surface area contributed by atoms with Crippen LogP contribution in [0.5, 0.6) is 0 Å². The van der Waals surface area contributed by atoms with Crippen molar-refractivity contribution < 1.29 is 4.79 Å². The van der Waals surface area contributed by atoms with E-state index in [0.717, 1.165) is 17.8 Å². The number of carbonyl (C=O) groups is 1. The molecule has 1 aromatic carbocycles. The largest absolute Gasteiger partial charge is 0.348 e. The van der Waals surface area contributed by atoms with Crippen LogP contribution in [0.1, 0.15) is 31.1 Å². The van der Waals surface area contributed by atoms with E-state index in [1.807, 2.05) is 49.1 Å². The van der Waals surface area contributed by atoms with Crippen LogP contribution in [-0.4, -0.2) is 28.1 Å². The minimum absolute atomic E-state index is 0.0487. The van der Waals surface area contributed by atoms with Gasteiger partial charge in [-0.3, -0.25) is 0 Å². The van der Waals surface area contributed by atoms with E-state index in [9.17, 15) is 4.79 Å². The number of hydrogen-bond donors (Lipinski definition) is 1. The van der Waals surface area contributed by atoms with E-state index in [4.69, 9.17) is 11.6 Å². The highest BCUT2D eigenvalue weighted by molar-refractivity contribution is 6.31. The molecule has 2 amide bonds. The van der Waals surface area contributed by atoms with Gasteiger partial charge in [0.1, 0.15) is 6.04 Å². The lowest BCUT2D eigenvalue weighted by Gasteiger charge is -2.38. The van der Waals surface area contributed by atoms with Crippen molar-refractivity contribution in [3.8, 4) is 0 Å². The predicted octanol–water partition coefficient (Wildman–Crippen LogP) is 3.66. The first-order valence-electron chi connectivity index (χ1n) is 7.54. The van der Waals surface area contributed by atoms with E-state index in [2.05, 4.69) is 22.1 Å². The van der Waals surface area contributed by atoms with Gasteiger partial charge in [-0.1, -0.05) is 29.8 Å². The fourth-order valence-corrected chi connectivity index (χ4v) is 3.20. The van der Waals surface area contributed by atoms with Crippen LogP contribution in [0.3, 0.4) is 0 Å². The highest BCUT2D eigenvalue weighted by Crippen LogP contribution is 2.35. The summed E-state index contributed by atoms with van der Waals surface area (Å²) in [6.45, 7) is 5.40. The third-order valence-corrected chi connectivity index (χ3v) is 4.26. The second-order valence-electron chi connectivity index (χ2n) is 5.85. The quantitative estimate of drug-likeness (QED) is 0.901. The Labute approximate surface area is 135 Å². The molecule has 1 aromatic heterocycles. The number of amides is 2. The number of carbonyl (C=O) groups excluding carboxylic acids is 1. The Kier molecular flexibility index (Phi) is 4.12. The van der Waals surface area contributed by atoms with Gasteiger partial charge in [0, 0.05) is 36.0 Å². The van der Waals surface area contributed by atoms with E-state index in [1.165, 1.54) is 0 Å². The number of rotatable bonds is 2. The molecular weight excluding hydrogens is 298 g/mol. The van der Waals surface area contributed by atoms with Crippen molar-refractivity contribution in [2.75, 3.05) is 6.54 Å². The fraction of sp³-hybridized carbons (Fsp3) is 0.353. The summed E-state index contributed by atoms with van der Waals surface area (Å²) in [4.78, 5) is 14.5. The summed E-state index contributed by atoms with van der Waals surface area (Å²) in [6, 6.07) is 11.7. The number of nitrogens with one attached hydrogen (secondary N) is 1. The van der Waals surface area contributed by atoms with Crippen LogP contribution in [0.2, 0.25) is 5.02 Å². The summed E-state index contributed by atoms with van der Waals surface area (Å²) in [5, 5.41) is 3.67. The molecule has 0 unspecified atom stereocenters. The van der Waals surface area contributed by atoms with Crippen LogP contribution in [0.15, 0.2) is 42.6 Å². The number of fused-ring (bicyclic) bond motifs is 1. The smallest absolute Gasteiger partial charge is 0.318 e. The molecule has 0 fully saturated rings. The van der Waals surface area contributed by atoms with Gasteiger partial charge in [0.2, 0.25) is 0 Å². The summed E-state index contributed by atoms with van der Waals surface area (Å²) >= 11 is 6.40. The van der Waals surface area contributed by atoms with Gasteiger partial charge in [-0.2, -0.15) is 0 Å². The first-order chi connectivity index (χ1) is 10.6. The number of aromatic nitrogens is 1. The van der Waals surface area contributed by atoms with Crippen molar-refractivity contribution in [1.29, 1.82) is 0 Å². The molecular formula is C17H20ClN3O. The van der Waals surface area contributed by atoms with Crippen LogP contribution in [0.4, 0.5) is 4.79 Å². The zero-order chi connectivity index (χ0) is 15.7. The van der Waals surface area contributed by atoms with E-state index in [1.54, 1.807) is 0 Å². The van der Waals surface area contributed by atoms with Gasteiger partial charge in [-0.05, 0) is 37.6 Å². The van der Waals surface area contributed by atoms with Gasteiger partial charge in [-0.15, -0.1) is 0 Å². The Hall–Kier alpha value is -1.94. The minimum atomic E-state index is -0.156. The molecule has 5 heteroatoms. The van der Waals surface area contributed by atoms with Gasteiger partial charge in [0.15, 0.2) is 0 Å². The van der Waals surface area contributed by atoms with Crippen LogP contribution >= 0.6 is 11.6 Å².